The molecule has 0 fully saturated rings. The molecule has 94 valence electrons. The Morgan fingerprint density at radius 3 is 2.83 bits per heavy atom. The maximum Gasteiger partial charge on any atom is 0.341 e. The number of hydrogen-bond donors (Lipinski definition) is 1. The average Bonchev–Trinajstić information content (AvgIpc) is 2.67. The summed E-state index contributed by atoms with van der Waals surface area (Å²) >= 11 is 5.01. The Bertz CT molecular complexity index is 660. The fourth-order valence-corrected chi connectivity index (χ4v) is 3.07. The molecular weight excluding hydrogens is 318 g/mol. The first-order valence-electron chi connectivity index (χ1n) is 5.15. The van der Waals surface area contributed by atoms with Crippen molar-refractivity contribution in [1.82, 2.24) is 4.57 Å². The lowest BCUT2D eigenvalue weighted by molar-refractivity contribution is 0.0694. The van der Waals surface area contributed by atoms with Crippen LogP contribution in [0.3, 0.4) is 0 Å². The molecule has 18 heavy (non-hydrogen) atoms. The van der Waals surface area contributed by atoms with Crippen molar-refractivity contribution in [3.05, 3.63) is 54.5 Å². The van der Waals surface area contributed by atoms with Crippen molar-refractivity contribution in [2.45, 2.75) is 13.5 Å². The minimum absolute atomic E-state index is 0.201. The first-order valence-corrected chi connectivity index (χ1v) is 6.82. The zero-order valence-corrected chi connectivity index (χ0v) is 11.9. The normalized spacial score (nSPS) is 10.6. The summed E-state index contributed by atoms with van der Waals surface area (Å²) in [6, 6.07) is 3.29. The van der Waals surface area contributed by atoms with E-state index in [1.54, 1.807) is 22.8 Å². The molecule has 0 radical (unpaired) electrons. The van der Waals surface area contributed by atoms with E-state index < -0.39 is 11.4 Å². The van der Waals surface area contributed by atoms with Gasteiger partial charge in [0.2, 0.25) is 0 Å². The SMILES string of the molecule is Cc1cc(=O)c(C(=O)O)cn1Cc1sccc1Br. The van der Waals surface area contributed by atoms with E-state index in [1.807, 2.05) is 11.4 Å². The molecule has 4 nitrogen and oxygen atoms in total. The van der Waals surface area contributed by atoms with Gasteiger partial charge in [-0.25, -0.2) is 4.79 Å². The quantitative estimate of drug-likeness (QED) is 0.942. The smallest absolute Gasteiger partial charge is 0.341 e. The van der Waals surface area contributed by atoms with Gasteiger partial charge in [-0.3, -0.25) is 4.79 Å². The number of nitrogens with zero attached hydrogens (tertiary/aromatic N) is 1. The molecule has 0 saturated carbocycles. The van der Waals surface area contributed by atoms with E-state index in [1.165, 1.54) is 12.3 Å². The summed E-state index contributed by atoms with van der Waals surface area (Å²) in [6.07, 6.45) is 1.40. The van der Waals surface area contributed by atoms with Gasteiger partial charge in [-0.15, -0.1) is 11.3 Å². The zero-order valence-electron chi connectivity index (χ0n) is 9.51. The number of halogens is 1. The minimum atomic E-state index is -1.20. The molecule has 0 aliphatic carbocycles. The number of aromatic nitrogens is 1. The molecule has 0 saturated heterocycles. The van der Waals surface area contributed by atoms with E-state index in [0.717, 1.165) is 15.0 Å². The van der Waals surface area contributed by atoms with Crippen LogP contribution in [-0.4, -0.2) is 15.6 Å². The Morgan fingerprint density at radius 2 is 2.28 bits per heavy atom. The van der Waals surface area contributed by atoms with Crippen LogP contribution in [0.15, 0.2) is 33.0 Å². The van der Waals surface area contributed by atoms with Gasteiger partial charge in [0.25, 0.3) is 0 Å². The van der Waals surface area contributed by atoms with Crippen LogP contribution in [0, 0.1) is 6.92 Å². The van der Waals surface area contributed by atoms with Crippen LogP contribution < -0.4 is 5.43 Å². The van der Waals surface area contributed by atoms with Gasteiger partial charge in [-0.1, -0.05) is 0 Å². The fourth-order valence-electron chi connectivity index (χ4n) is 1.60. The third-order valence-electron chi connectivity index (χ3n) is 2.58. The molecular formula is C12H10BrNO3S. The minimum Gasteiger partial charge on any atom is -0.477 e. The molecule has 0 spiro atoms. The monoisotopic (exact) mass is 327 g/mol. The van der Waals surface area contributed by atoms with Crippen molar-refractivity contribution in [3.63, 3.8) is 0 Å². The van der Waals surface area contributed by atoms with Gasteiger partial charge in [-0.2, -0.15) is 0 Å². The van der Waals surface area contributed by atoms with Crippen LogP contribution in [0.5, 0.6) is 0 Å². The highest BCUT2D eigenvalue weighted by Crippen LogP contribution is 2.23. The molecule has 2 aromatic rings. The average molecular weight is 328 g/mol. The standard InChI is InChI=1S/C12H10BrNO3S/c1-7-4-10(15)8(12(16)17)5-14(7)6-11-9(13)2-3-18-11/h2-5H,6H2,1H3,(H,16,17). The van der Waals surface area contributed by atoms with Crippen molar-refractivity contribution in [2.24, 2.45) is 0 Å². The summed E-state index contributed by atoms with van der Waals surface area (Å²) < 4.78 is 2.75. The molecule has 2 aromatic heterocycles. The fraction of sp³-hybridized carbons (Fsp3) is 0.167. The third kappa shape index (κ3) is 2.54. The Morgan fingerprint density at radius 1 is 1.56 bits per heavy atom. The topological polar surface area (TPSA) is 59.3 Å². The van der Waals surface area contributed by atoms with Crippen molar-refractivity contribution in [2.75, 3.05) is 0 Å². The molecule has 2 rings (SSSR count). The summed E-state index contributed by atoms with van der Waals surface area (Å²) in [6.45, 7) is 2.33. The number of carboxylic acid groups (broad SMARTS) is 1. The van der Waals surface area contributed by atoms with E-state index in [4.69, 9.17) is 5.11 Å². The van der Waals surface area contributed by atoms with Gasteiger partial charge in [0.05, 0.1) is 6.54 Å². The number of carbonyl (C=O) groups is 1. The second-order valence-corrected chi connectivity index (χ2v) is 5.67. The summed E-state index contributed by atoms with van der Waals surface area (Å²) in [5.41, 5.74) is 0.0834. The molecule has 1 N–H and O–H groups in total. The molecule has 0 atom stereocenters. The largest absolute Gasteiger partial charge is 0.477 e. The Hall–Kier alpha value is -1.40. The lowest BCUT2D eigenvalue weighted by atomic mass is 10.2. The maximum absolute atomic E-state index is 11.5. The number of aromatic carboxylic acids is 1. The lowest BCUT2D eigenvalue weighted by Crippen LogP contribution is -2.19. The first-order chi connectivity index (χ1) is 8.49. The number of rotatable bonds is 3. The highest BCUT2D eigenvalue weighted by atomic mass is 79.9. The zero-order chi connectivity index (χ0) is 13.3. The van der Waals surface area contributed by atoms with E-state index in [0.29, 0.717) is 6.54 Å². The summed E-state index contributed by atoms with van der Waals surface area (Å²) in [5, 5.41) is 10.9. The van der Waals surface area contributed by atoms with E-state index >= 15 is 0 Å². The number of hydrogen-bond acceptors (Lipinski definition) is 3. The van der Waals surface area contributed by atoms with Gasteiger partial charge in [0.15, 0.2) is 5.43 Å². The summed E-state index contributed by atoms with van der Waals surface area (Å²) in [5.74, 6) is -1.20. The molecule has 0 aliphatic rings. The van der Waals surface area contributed by atoms with Gasteiger partial charge >= 0.3 is 5.97 Å². The second kappa shape index (κ2) is 5.07. The molecule has 0 aromatic carbocycles. The first kappa shape index (κ1) is 13.0. The van der Waals surface area contributed by atoms with Crippen LogP contribution in [-0.2, 0) is 6.54 Å². The highest BCUT2D eigenvalue weighted by Gasteiger charge is 2.11. The Labute approximate surface area is 116 Å². The van der Waals surface area contributed by atoms with Crippen LogP contribution >= 0.6 is 27.3 Å². The number of thiophene rings is 1. The number of pyridine rings is 1. The highest BCUT2D eigenvalue weighted by molar-refractivity contribution is 9.10. The predicted molar refractivity (Wildman–Crippen MR) is 73.5 cm³/mol. The van der Waals surface area contributed by atoms with Crippen molar-refractivity contribution < 1.29 is 9.90 Å². The predicted octanol–water partition coefficient (Wildman–Crippen LogP) is 2.73. The van der Waals surface area contributed by atoms with Crippen LogP contribution in [0.25, 0.3) is 0 Å². The third-order valence-corrected chi connectivity index (χ3v) is 4.49. The van der Waals surface area contributed by atoms with Gasteiger partial charge in [0.1, 0.15) is 5.56 Å². The van der Waals surface area contributed by atoms with Gasteiger partial charge < -0.3 is 9.67 Å². The molecule has 2 heterocycles. The van der Waals surface area contributed by atoms with Crippen LogP contribution in [0.1, 0.15) is 20.9 Å². The molecule has 0 aliphatic heterocycles. The van der Waals surface area contributed by atoms with Crippen LogP contribution in [0.2, 0.25) is 0 Å². The molecule has 0 amide bonds. The van der Waals surface area contributed by atoms with Crippen molar-refractivity contribution >= 4 is 33.2 Å². The van der Waals surface area contributed by atoms with Crippen molar-refractivity contribution in [3.8, 4) is 0 Å². The summed E-state index contributed by atoms with van der Waals surface area (Å²) in [4.78, 5) is 23.5. The van der Waals surface area contributed by atoms with Crippen LogP contribution in [0.4, 0.5) is 0 Å². The van der Waals surface area contributed by atoms with E-state index in [-0.39, 0.29) is 5.56 Å². The number of carboxylic acids is 1. The molecule has 6 heteroatoms. The van der Waals surface area contributed by atoms with Gasteiger partial charge in [0, 0.05) is 27.3 Å². The maximum atomic E-state index is 11.5. The number of aryl methyl sites for hydroxylation is 1. The van der Waals surface area contributed by atoms with E-state index in [2.05, 4.69) is 15.9 Å². The summed E-state index contributed by atoms with van der Waals surface area (Å²) in [7, 11) is 0. The lowest BCUT2D eigenvalue weighted by Gasteiger charge is -2.10. The van der Waals surface area contributed by atoms with E-state index in [9.17, 15) is 9.59 Å². The molecule has 0 unspecified atom stereocenters. The molecule has 0 bridgehead atoms. The Balaban J connectivity index is 2.45. The second-order valence-electron chi connectivity index (χ2n) is 3.82. The Kier molecular flexibility index (Phi) is 3.68. The van der Waals surface area contributed by atoms with Gasteiger partial charge in [-0.05, 0) is 34.3 Å². The van der Waals surface area contributed by atoms with Crippen molar-refractivity contribution in [1.29, 1.82) is 0 Å².